The Balaban J connectivity index is 1.83. The summed E-state index contributed by atoms with van der Waals surface area (Å²) < 4.78 is 34.6. The van der Waals surface area contributed by atoms with Crippen LogP contribution in [0.1, 0.15) is 53.8 Å². The number of furan rings is 1. The van der Waals surface area contributed by atoms with E-state index >= 15 is 0 Å². The van der Waals surface area contributed by atoms with Gasteiger partial charge in [-0.2, -0.15) is 0 Å². The molecule has 0 amide bonds. The van der Waals surface area contributed by atoms with Gasteiger partial charge in [-0.25, -0.2) is 9.37 Å². The molecule has 1 aromatic carbocycles. The molecule has 0 N–H and O–H groups in total. The first kappa shape index (κ1) is 26.4. The van der Waals surface area contributed by atoms with Gasteiger partial charge in [-0.15, -0.1) is 0 Å². The number of benzene rings is 1. The van der Waals surface area contributed by atoms with Crippen LogP contribution in [0.3, 0.4) is 0 Å². The first-order valence-corrected chi connectivity index (χ1v) is 14.4. The third-order valence-corrected chi connectivity index (χ3v) is 12.9. The predicted molar refractivity (Wildman–Crippen MR) is 138 cm³/mol. The van der Waals surface area contributed by atoms with E-state index in [1.54, 1.807) is 25.5 Å². The highest BCUT2D eigenvalue weighted by molar-refractivity contribution is 6.77. The molecule has 0 aliphatic rings. The maximum atomic E-state index is 15.0. The van der Waals surface area contributed by atoms with Crippen LogP contribution in [0.5, 0.6) is 0 Å². The Morgan fingerprint density at radius 3 is 2.32 bits per heavy atom. The van der Waals surface area contributed by atoms with Gasteiger partial charge in [0.25, 0.3) is 0 Å². The Bertz CT molecular complexity index is 1020. The van der Waals surface area contributed by atoms with Gasteiger partial charge in [-0.05, 0) is 41.2 Å². The Labute approximate surface area is 204 Å². The molecule has 34 heavy (non-hydrogen) atoms. The Hall–Kier alpha value is -2.22. The molecule has 0 saturated heterocycles. The van der Waals surface area contributed by atoms with E-state index in [9.17, 15) is 4.39 Å². The molecule has 0 spiro atoms. The zero-order chi connectivity index (χ0) is 24.9. The van der Waals surface area contributed by atoms with E-state index in [-0.39, 0.29) is 5.82 Å². The molecule has 2 aromatic heterocycles. The van der Waals surface area contributed by atoms with Crippen molar-refractivity contribution in [3.63, 3.8) is 0 Å². The van der Waals surface area contributed by atoms with Crippen LogP contribution in [-0.4, -0.2) is 31.6 Å². The molecule has 0 aliphatic carbocycles. The van der Waals surface area contributed by atoms with Crippen LogP contribution in [0.15, 0.2) is 47.2 Å². The standard InChI is InChI=1S/C27H39FN2O3Si/c1-19(2)34(20(3)4,21(5)6)33-16-10-14-26-29-24(17-30(26)18-31-7)27-22(11-8-12-23(27)28)25-13-9-15-32-25/h8-9,11-13,15,17,19-21H,10,14,16,18H2,1-7H3. The molecule has 0 unspecified atom stereocenters. The first-order chi connectivity index (χ1) is 16.2. The van der Waals surface area contributed by atoms with Gasteiger partial charge in [0.15, 0.2) is 8.32 Å². The summed E-state index contributed by atoms with van der Waals surface area (Å²) in [6, 6.07) is 8.63. The summed E-state index contributed by atoms with van der Waals surface area (Å²) in [5.41, 5.74) is 3.36. The normalized spacial score (nSPS) is 12.4. The summed E-state index contributed by atoms with van der Waals surface area (Å²) in [6.07, 6.45) is 5.03. The average molecular weight is 487 g/mol. The van der Waals surface area contributed by atoms with Gasteiger partial charge in [0.05, 0.1) is 12.0 Å². The zero-order valence-corrected chi connectivity index (χ0v) is 22.6. The van der Waals surface area contributed by atoms with Crippen LogP contribution in [0, 0.1) is 5.82 Å². The lowest BCUT2D eigenvalue weighted by atomic mass is 10.0. The second-order valence-corrected chi connectivity index (χ2v) is 15.3. The number of halogens is 1. The minimum Gasteiger partial charge on any atom is -0.464 e. The molecule has 0 radical (unpaired) electrons. The summed E-state index contributed by atoms with van der Waals surface area (Å²) >= 11 is 0. The summed E-state index contributed by atoms with van der Waals surface area (Å²) in [5.74, 6) is 1.15. The molecule has 7 heteroatoms. The smallest absolute Gasteiger partial charge is 0.200 e. The second kappa shape index (κ2) is 11.5. The molecule has 0 atom stereocenters. The number of imidazole rings is 1. The van der Waals surface area contributed by atoms with E-state index in [0.29, 0.717) is 52.5 Å². The minimum absolute atomic E-state index is 0.326. The van der Waals surface area contributed by atoms with E-state index in [0.717, 1.165) is 18.7 Å². The predicted octanol–water partition coefficient (Wildman–Crippen LogP) is 7.68. The lowest BCUT2D eigenvalue weighted by molar-refractivity contribution is 0.128. The van der Waals surface area contributed by atoms with Crippen molar-refractivity contribution in [1.29, 1.82) is 0 Å². The molecule has 0 fully saturated rings. The van der Waals surface area contributed by atoms with Crippen LogP contribution in [0.2, 0.25) is 16.6 Å². The lowest BCUT2D eigenvalue weighted by Gasteiger charge is -2.42. The van der Waals surface area contributed by atoms with Crippen molar-refractivity contribution in [3.8, 4) is 22.6 Å². The van der Waals surface area contributed by atoms with Gasteiger partial charge in [-0.1, -0.05) is 53.7 Å². The summed E-state index contributed by atoms with van der Waals surface area (Å²) in [7, 11) is -0.249. The molecule has 186 valence electrons. The van der Waals surface area contributed by atoms with Gasteiger partial charge in [-0.3, -0.25) is 0 Å². The number of hydrogen-bond acceptors (Lipinski definition) is 4. The number of methoxy groups -OCH3 is 1. The monoisotopic (exact) mass is 486 g/mol. The zero-order valence-electron chi connectivity index (χ0n) is 21.6. The van der Waals surface area contributed by atoms with Crippen molar-refractivity contribution < 1.29 is 18.0 Å². The Morgan fingerprint density at radius 2 is 1.74 bits per heavy atom. The third kappa shape index (κ3) is 5.37. The summed E-state index contributed by atoms with van der Waals surface area (Å²) in [6.45, 7) is 14.9. The van der Waals surface area contributed by atoms with Gasteiger partial charge in [0.1, 0.15) is 24.1 Å². The van der Waals surface area contributed by atoms with Crippen molar-refractivity contribution in [2.24, 2.45) is 0 Å². The van der Waals surface area contributed by atoms with E-state index < -0.39 is 8.32 Å². The number of rotatable bonds is 12. The van der Waals surface area contributed by atoms with Crippen molar-refractivity contribution >= 4 is 8.32 Å². The maximum Gasteiger partial charge on any atom is 0.200 e. The fourth-order valence-corrected chi connectivity index (χ4v) is 10.9. The van der Waals surface area contributed by atoms with Gasteiger partial charge in [0.2, 0.25) is 0 Å². The van der Waals surface area contributed by atoms with E-state index in [4.69, 9.17) is 18.6 Å². The van der Waals surface area contributed by atoms with E-state index in [2.05, 4.69) is 41.5 Å². The van der Waals surface area contributed by atoms with E-state index in [1.807, 2.05) is 22.9 Å². The largest absolute Gasteiger partial charge is 0.464 e. The molecule has 5 nitrogen and oxygen atoms in total. The summed E-state index contributed by atoms with van der Waals surface area (Å²) in [5, 5.41) is 0. The SMILES string of the molecule is COCn1cc(-c2c(F)cccc2-c2ccco2)nc1CCCO[Si](C(C)C)(C(C)C)C(C)C. The van der Waals surface area contributed by atoms with Crippen LogP contribution in [0.4, 0.5) is 4.39 Å². The van der Waals surface area contributed by atoms with Gasteiger partial charge < -0.3 is 18.1 Å². The number of ether oxygens (including phenoxy) is 1. The highest BCUT2D eigenvalue weighted by atomic mass is 28.4. The van der Waals surface area contributed by atoms with E-state index in [1.165, 1.54) is 6.07 Å². The number of nitrogens with zero attached hydrogens (tertiary/aromatic N) is 2. The topological polar surface area (TPSA) is 49.4 Å². The number of aryl methyl sites for hydroxylation is 1. The van der Waals surface area contributed by atoms with Crippen LogP contribution < -0.4 is 0 Å². The Kier molecular flexibility index (Phi) is 8.90. The maximum absolute atomic E-state index is 15.0. The van der Waals surface area contributed by atoms with Crippen LogP contribution in [-0.2, 0) is 22.3 Å². The van der Waals surface area contributed by atoms with Gasteiger partial charge in [0, 0.05) is 37.5 Å². The molecule has 2 heterocycles. The fourth-order valence-electron chi connectivity index (χ4n) is 5.43. The molecule has 3 rings (SSSR count). The minimum atomic E-state index is -1.90. The van der Waals surface area contributed by atoms with Crippen molar-refractivity contribution in [3.05, 3.63) is 54.4 Å². The summed E-state index contributed by atoms with van der Waals surface area (Å²) in [4.78, 5) is 4.83. The van der Waals surface area contributed by atoms with Gasteiger partial charge >= 0.3 is 0 Å². The molecule has 3 aromatic rings. The lowest BCUT2D eigenvalue weighted by Crippen LogP contribution is -2.48. The van der Waals surface area contributed by atoms with Crippen LogP contribution >= 0.6 is 0 Å². The third-order valence-electron chi connectivity index (χ3n) is 6.79. The first-order valence-electron chi connectivity index (χ1n) is 12.2. The molecular formula is C27H39FN2O3Si. The molecule has 0 bridgehead atoms. The molecule has 0 aliphatic heterocycles. The number of hydrogen-bond donors (Lipinski definition) is 0. The van der Waals surface area contributed by atoms with Crippen molar-refractivity contribution in [2.45, 2.75) is 77.7 Å². The van der Waals surface area contributed by atoms with Crippen LogP contribution in [0.25, 0.3) is 22.6 Å². The molecule has 0 saturated carbocycles. The fraction of sp³-hybridized carbons (Fsp3) is 0.519. The van der Waals surface area contributed by atoms with Crippen molar-refractivity contribution in [2.75, 3.05) is 13.7 Å². The quantitative estimate of drug-likeness (QED) is 0.195. The second-order valence-electron chi connectivity index (χ2n) is 9.84. The highest BCUT2D eigenvalue weighted by Crippen LogP contribution is 2.42. The molecular weight excluding hydrogens is 447 g/mol. The highest BCUT2D eigenvalue weighted by Gasteiger charge is 2.44. The number of aromatic nitrogens is 2. The van der Waals surface area contributed by atoms with Crippen molar-refractivity contribution in [1.82, 2.24) is 9.55 Å². The Morgan fingerprint density at radius 1 is 1.03 bits per heavy atom. The average Bonchev–Trinajstić information content (AvgIpc) is 3.43.